The summed E-state index contributed by atoms with van der Waals surface area (Å²) in [5, 5.41) is 11.3. The number of aliphatic hydroxyl groups excluding tert-OH is 1. The van der Waals surface area contributed by atoms with Gasteiger partial charge in [-0.25, -0.2) is 4.79 Å². The number of ether oxygens (including phenoxy) is 3. The van der Waals surface area contributed by atoms with Gasteiger partial charge in [0.1, 0.15) is 5.76 Å². The van der Waals surface area contributed by atoms with Crippen LogP contribution in [0.1, 0.15) is 67.2 Å². The van der Waals surface area contributed by atoms with Crippen LogP contribution in [0.3, 0.4) is 0 Å². The number of methoxy groups -OCH3 is 1. The third-order valence-electron chi connectivity index (χ3n) is 7.44. The average Bonchev–Trinajstić information content (AvgIpc) is 2.71. The minimum Gasteiger partial charge on any atom is -0.469 e. The maximum atomic E-state index is 12.5. The van der Waals surface area contributed by atoms with Gasteiger partial charge in [0.25, 0.3) is 0 Å². The molecule has 0 aromatic carbocycles. The van der Waals surface area contributed by atoms with E-state index in [4.69, 9.17) is 18.6 Å². The molecule has 1 heterocycles. The monoisotopic (exact) mass is 496 g/mol. The molecular weight excluding hydrogens is 452 g/mol. The summed E-state index contributed by atoms with van der Waals surface area (Å²) in [7, 11) is -0.634. The highest BCUT2D eigenvalue weighted by atomic mass is 28.4. The molecule has 0 bridgehead atoms. The molecule has 1 aliphatic heterocycles. The Hall–Kier alpha value is -1.64. The average molecular weight is 497 g/mol. The van der Waals surface area contributed by atoms with Crippen molar-refractivity contribution in [2.45, 2.75) is 97.2 Å². The van der Waals surface area contributed by atoms with Crippen molar-refractivity contribution >= 4 is 20.3 Å². The molecule has 0 radical (unpaired) electrons. The van der Waals surface area contributed by atoms with Gasteiger partial charge in [0.15, 0.2) is 8.32 Å². The highest BCUT2D eigenvalue weighted by molar-refractivity contribution is 6.74. The van der Waals surface area contributed by atoms with Gasteiger partial charge in [-0.2, -0.15) is 0 Å². The maximum absolute atomic E-state index is 12.5. The van der Waals surface area contributed by atoms with Gasteiger partial charge in [-0.1, -0.05) is 40.2 Å². The zero-order valence-electron chi connectivity index (χ0n) is 22.4. The number of aliphatic hydroxyl groups is 1. The quantitative estimate of drug-likeness (QED) is 0.369. The highest BCUT2D eigenvalue weighted by Gasteiger charge is 2.40. The summed E-state index contributed by atoms with van der Waals surface area (Å²) in [6.45, 7) is 17.3. The van der Waals surface area contributed by atoms with Crippen LogP contribution in [0.2, 0.25) is 18.1 Å². The summed E-state index contributed by atoms with van der Waals surface area (Å²) in [6, 6.07) is 0. The number of carbonyl (C=O) groups excluding carboxylic acids is 2. The summed E-state index contributed by atoms with van der Waals surface area (Å²) < 4.78 is 22.3. The topological polar surface area (TPSA) is 91.3 Å². The molecule has 0 amide bonds. The molecule has 2 rings (SSSR count). The maximum Gasteiger partial charge on any atom is 0.341 e. The Labute approximate surface area is 206 Å². The van der Waals surface area contributed by atoms with Crippen molar-refractivity contribution in [3.8, 4) is 0 Å². The van der Waals surface area contributed by atoms with Gasteiger partial charge in [0.2, 0.25) is 5.79 Å². The third kappa shape index (κ3) is 7.43. The van der Waals surface area contributed by atoms with E-state index >= 15 is 0 Å². The van der Waals surface area contributed by atoms with E-state index in [1.165, 1.54) is 7.11 Å². The molecule has 34 heavy (non-hydrogen) atoms. The molecule has 0 unspecified atom stereocenters. The number of allylic oxidation sites excluding steroid dienone is 1. The lowest BCUT2D eigenvalue weighted by molar-refractivity contribution is -0.206. The van der Waals surface area contributed by atoms with Crippen LogP contribution >= 0.6 is 0 Å². The van der Waals surface area contributed by atoms with Crippen LogP contribution in [0.15, 0.2) is 23.5 Å². The lowest BCUT2D eigenvalue weighted by Crippen LogP contribution is -2.44. The highest BCUT2D eigenvalue weighted by Crippen LogP contribution is 2.41. The van der Waals surface area contributed by atoms with Crippen molar-refractivity contribution in [3.63, 3.8) is 0 Å². The van der Waals surface area contributed by atoms with Crippen LogP contribution in [-0.2, 0) is 28.2 Å². The molecule has 0 spiro atoms. The van der Waals surface area contributed by atoms with E-state index in [1.54, 1.807) is 26.0 Å². The minimum absolute atomic E-state index is 0.0467. The van der Waals surface area contributed by atoms with Crippen molar-refractivity contribution in [1.82, 2.24) is 0 Å². The summed E-state index contributed by atoms with van der Waals surface area (Å²) >= 11 is 0. The predicted octanol–water partition coefficient (Wildman–Crippen LogP) is 5.10. The Balaban J connectivity index is 2.22. The number of rotatable bonds is 8. The van der Waals surface area contributed by atoms with E-state index in [2.05, 4.69) is 40.8 Å². The van der Waals surface area contributed by atoms with Gasteiger partial charge >= 0.3 is 11.9 Å². The predicted molar refractivity (Wildman–Crippen MR) is 133 cm³/mol. The molecular formula is C26H44O7Si. The van der Waals surface area contributed by atoms with E-state index in [0.717, 1.165) is 19.3 Å². The Morgan fingerprint density at radius 3 is 2.50 bits per heavy atom. The SMILES string of the molecule is COC(=O)CC1=C(/C=C/[C@@H](O)[C@@H]2CC[C@@H](C)C[C@H]2CO[Si](C)(C)C(C)(C)C)OC(C)(C)OC1=O. The fourth-order valence-electron chi connectivity index (χ4n) is 4.27. The normalized spacial score (nSPS) is 26.8. The minimum atomic E-state index is -1.90. The molecule has 1 fully saturated rings. The fourth-order valence-corrected chi connectivity index (χ4v) is 5.33. The van der Waals surface area contributed by atoms with Gasteiger partial charge in [-0.15, -0.1) is 0 Å². The second kappa shape index (κ2) is 11.0. The van der Waals surface area contributed by atoms with Gasteiger partial charge in [-0.05, 0) is 54.8 Å². The third-order valence-corrected chi connectivity index (χ3v) is 11.9. The molecule has 1 aliphatic carbocycles. The van der Waals surface area contributed by atoms with Crippen LogP contribution in [0.5, 0.6) is 0 Å². The van der Waals surface area contributed by atoms with E-state index in [0.29, 0.717) is 12.5 Å². The van der Waals surface area contributed by atoms with Crippen LogP contribution < -0.4 is 0 Å². The van der Waals surface area contributed by atoms with Crippen LogP contribution in [-0.4, -0.2) is 51.0 Å². The fraction of sp³-hybridized carbons (Fsp3) is 0.769. The molecule has 0 aromatic heterocycles. The second-order valence-corrected chi connectivity index (χ2v) is 16.6. The van der Waals surface area contributed by atoms with E-state index in [9.17, 15) is 14.7 Å². The first-order chi connectivity index (χ1) is 15.6. The Bertz CT molecular complexity index is 806. The Kier molecular flexibility index (Phi) is 9.21. The van der Waals surface area contributed by atoms with Crippen LogP contribution in [0.4, 0.5) is 0 Å². The largest absolute Gasteiger partial charge is 0.469 e. The van der Waals surface area contributed by atoms with Crippen molar-refractivity contribution in [1.29, 1.82) is 0 Å². The molecule has 0 saturated heterocycles. The van der Waals surface area contributed by atoms with Crippen molar-refractivity contribution < 1.29 is 33.3 Å². The zero-order valence-corrected chi connectivity index (χ0v) is 23.4. The molecule has 1 N–H and O–H groups in total. The van der Waals surface area contributed by atoms with Gasteiger partial charge < -0.3 is 23.7 Å². The van der Waals surface area contributed by atoms with Gasteiger partial charge in [-0.3, -0.25) is 4.79 Å². The number of hydrogen-bond donors (Lipinski definition) is 1. The molecule has 1 saturated carbocycles. The summed E-state index contributed by atoms with van der Waals surface area (Å²) in [5.41, 5.74) is 0.0877. The van der Waals surface area contributed by atoms with Crippen LogP contribution in [0.25, 0.3) is 0 Å². The van der Waals surface area contributed by atoms with Crippen molar-refractivity contribution in [2.75, 3.05) is 13.7 Å². The smallest absolute Gasteiger partial charge is 0.341 e. The zero-order chi connectivity index (χ0) is 25.9. The molecule has 0 aromatic rings. The summed E-state index contributed by atoms with van der Waals surface area (Å²) in [5.74, 6) is -1.24. The van der Waals surface area contributed by atoms with E-state index in [-0.39, 0.29) is 34.6 Å². The standard InChI is InChI=1S/C26H44O7Si/c1-17-10-11-19(18(14-17)16-31-34(8,9)25(2,3)4)21(27)12-13-22-20(15-23(28)30-7)24(29)33-26(5,6)32-22/h12-13,17-19,21,27H,10-11,14-16H2,1-9H3/b13-12+/t17-,18+,19-,21-/m1/s1. The molecule has 8 heteroatoms. The van der Waals surface area contributed by atoms with Crippen LogP contribution in [0, 0.1) is 17.8 Å². The number of esters is 2. The summed E-state index contributed by atoms with van der Waals surface area (Å²) in [6.07, 6.45) is 5.24. The van der Waals surface area contributed by atoms with Crippen molar-refractivity contribution in [3.05, 3.63) is 23.5 Å². The first-order valence-corrected chi connectivity index (χ1v) is 15.2. The molecule has 7 nitrogen and oxygen atoms in total. The molecule has 194 valence electrons. The van der Waals surface area contributed by atoms with Gasteiger partial charge in [0, 0.05) is 20.5 Å². The lowest BCUT2D eigenvalue weighted by Gasteiger charge is -2.41. The molecule has 2 aliphatic rings. The molecule has 4 atom stereocenters. The van der Waals surface area contributed by atoms with E-state index < -0.39 is 32.1 Å². The number of carbonyl (C=O) groups is 2. The Morgan fingerprint density at radius 1 is 1.26 bits per heavy atom. The van der Waals surface area contributed by atoms with E-state index in [1.807, 2.05) is 0 Å². The van der Waals surface area contributed by atoms with Crippen molar-refractivity contribution in [2.24, 2.45) is 17.8 Å². The Morgan fingerprint density at radius 2 is 1.91 bits per heavy atom. The lowest BCUT2D eigenvalue weighted by atomic mass is 9.72. The van der Waals surface area contributed by atoms with Gasteiger partial charge in [0.05, 0.1) is 25.2 Å². The number of hydrogen-bond acceptors (Lipinski definition) is 7. The number of cyclic esters (lactones) is 1. The second-order valence-electron chi connectivity index (χ2n) is 11.8. The summed E-state index contributed by atoms with van der Waals surface area (Å²) in [4.78, 5) is 24.3. The first-order valence-electron chi connectivity index (χ1n) is 12.3. The first kappa shape index (κ1) is 28.6.